The maximum atomic E-state index is 11.5. The monoisotopic (exact) mass is 294 g/mol. The minimum absolute atomic E-state index is 0.107. The zero-order valence-corrected chi connectivity index (χ0v) is 13.5. The largest absolute Gasteiger partial charge is 0.493 e. The molecular formula is C17H26O4. The van der Waals surface area contributed by atoms with Crippen LogP contribution in [0.2, 0.25) is 0 Å². The molecule has 0 aliphatic heterocycles. The highest BCUT2D eigenvalue weighted by atomic mass is 16.5. The van der Waals surface area contributed by atoms with Gasteiger partial charge in [-0.25, -0.2) is 0 Å². The normalized spacial score (nSPS) is 12.0. The van der Waals surface area contributed by atoms with Crippen LogP contribution in [0.5, 0.6) is 11.5 Å². The molecule has 0 spiro atoms. The molecule has 0 fully saturated rings. The molecule has 1 aromatic carbocycles. The van der Waals surface area contributed by atoms with E-state index in [2.05, 4.69) is 6.92 Å². The minimum Gasteiger partial charge on any atom is -0.493 e. The molecular weight excluding hydrogens is 268 g/mol. The van der Waals surface area contributed by atoms with Crippen LogP contribution in [0.15, 0.2) is 18.2 Å². The van der Waals surface area contributed by atoms with Gasteiger partial charge in [0.05, 0.1) is 20.8 Å². The number of hydrogen-bond acceptors (Lipinski definition) is 4. The Labute approximate surface area is 127 Å². The molecule has 1 rings (SSSR count). The summed E-state index contributed by atoms with van der Waals surface area (Å²) in [6.45, 7) is 4.24. The average molecular weight is 294 g/mol. The van der Waals surface area contributed by atoms with Gasteiger partial charge in [0.25, 0.3) is 0 Å². The van der Waals surface area contributed by atoms with Gasteiger partial charge in [0.2, 0.25) is 0 Å². The van der Waals surface area contributed by atoms with Gasteiger partial charge in [0.15, 0.2) is 17.3 Å². The molecule has 0 radical (unpaired) electrons. The lowest BCUT2D eigenvalue weighted by atomic mass is 10.1. The summed E-state index contributed by atoms with van der Waals surface area (Å²) in [6, 6.07) is 5.81. The SMILES string of the molecule is CCCCC(OCCc1ccc(OC)c(OC)c1)C(C)=O. The summed E-state index contributed by atoms with van der Waals surface area (Å²) in [5, 5.41) is 0. The Kier molecular flexibility index (Phi) is 7.83. The van der Waals surface area contributed by atoms with Crippen LogP contribution in [0.1, 0.15) is 38.7 Å². The van der Waals surface area contributed by atoms with E-state index in [0.29, 0.717) is 18.1 Å². The Morgan fingerprint density at radius 2 is 1.90 bits per heavy atom. The third-order valence-electron chi connectivity index (χ3n) is 3.43. The van der Waals surface area contributed by atoms with E-state index in [1.54, 1.807) is 21.1 Å². The fourth-order valence-corrected chi connectivity index (χ4v) is 2.15. The highest BCUT2D eigenvalue weighted by Gasteiger charge is 2.14. The van der Waals surface area contributed by atoms with Crippen molar-refractivity contribution in [2.24, 2.45) is 0 Å². The van der Waals surface area contributed by atoms with Crippen molar-refractivity contribution >= 4 is 5.78 Å². The molecule has 0 aliphatic carbocycles. The summed E-state index contributed by atoms with van der Waals surface area (Å²) < 4.78 is 16.2. The van der Waals surface area contributed by atoms with E-state index < -0.39 is 0 Å². The van der Waals surface area contributed by atoms with Crippen molar-refractivity contribution < 1.29 is 19.0 Å². The average Bonchev–Trinajstić information content (AvgIpc) is 2.50. The highest BCUT2D eigenvalue weighted by Crippen LogP contribution is 2.27. The first-order valence-electron chi connectivity index (χ1n) is 7.45. The summed E-state index contributed by atoms with van der Waals surface area (Å²) in [7, 11) is 3.24. The van der Waals surface area contributed by atoms with Crippen molar-refractivity contribution in [1.82, 2.24) is 0 Å². The fraction of sp³-hybridized carbons (Fsp3) is 0.588. The Bertz CT molecular complexity index is 442. The first-order valence-corrected chi connectivity index (χ1v) is 7.45. The van der Waals surface area contributed by atoms with Gasteiger partial charge in [-0.05, 0) is 37.5 Å². The first kappa shape index (κ1) is 17.5. The van der Waals surface area contributed by atoms with E-state index in [4.69, 9.17) is 14.2 Å². The van der Waals surface area contributed by atoms with Crippen LogP contribution in [0, 0.1) is 0 Å². The predicted molar refractivity (Wildman–Crippen MR) is 83.2 cm³/mol. The standard InChI is InChI=1S/C17H26O4/c1-5-6-7-15(13(2)18)21-11-10-14-8-9-16(19-3)17(12-14)20-4/h8-9,12,15H,5-7,10-11H2,1-4H3. The number of Topliss-reactive ketones (excluding diaryl/α,β-unsaturated/α-hetero) is 1. The maximum Gasteiger partial charge on any atom is 0.160 e. The molecule has 0 aliphatic rings. The molecule has 0 heterocycles. The number of ether oxygens (including phenoxy) is 3. The predicted octanol–water partition coefficient (Wildman–Crippen LogP) is 3.41. The molecule has 0 aromatic heterocycles. The lowest BCUT2D eigenvalue weighted by Crippen LogP contribution is -2.22. The van der Waals surface area contributed by atoms with Crippen molar-refractivity contribution in [1.29, 1.82) is 0 Å². The van der Waals surface area contributed by atoms with E-state index in [0.717, 1.165) is 31.2 Å². The van der Waals surface area contributed by atoms with Crippen LogP contribution >= 0.6 is 0 Å². The van der Waals surface area contributed by atoms with E-state index in [9.17, 15) is 4.79 Å². The van der Waals surface area contributed by atoms with E-state index in [1.807, 2.05) is 18.2 Å². The topological polar surface area (TPSA) is 44.8 Å². The molecule has 1 unspecified atom stereocenters. The summed E-state index contributed by atoms with van der Waals surface area (Å²) in [4.78, 5) is 11.5. The number of ketones is 1. The Balaban J connectivity index is 2.52. The zero-order valence-electron chi connectivity index (χ0n) is 13.5. The number of carbonyl (C=O) groups is 1. The highest BCUT2D eigenvalue weighted by molar-refractivity contribution is 5.80. The van der Waals surface area contributed by atoms with Gasteiger partial charge in [-0.1, -0.05) is 25.8 Å². The van der Waals surface area contributed by atoms with Gasteiger partial charge in [-0.2, -0.15) is 0 Å². The second-order valence-electron chi connectivity index (χ2n) is 5.05. The number of rotatable bonds is 10. The van der Waals surface area contributed by atoms with Crippen molar-refractivity contribution in [2.45, 2.75) is 45.6 Å². The number of methoxy groups -OCH3 is 2. The van der Waals surface area contributed by atoms with Crippen molar-refractivity contribution in [2.75, 3.05) is 20.8 Å². The third kappa shape index (κ3) is 5.76. The summed E-state index contributed by atoms with van der Waals surface area (Å²) in [5.74, 6) is 1.53. The maximum absolute atomic E-state index is 11.5. The summed E-state index contributed by atoms with van der Waals surface area (Å²) >= 11 is 0. The van der Waals surface area contributed by atoms with Gasteiger partial charge in [-0.15, -0.1) is 0 Å². The van der Waals surface area contributed by atoms with Gasteiger partial charge < -0.3 is 14.2 Å². The fourth-order valence-electron chi connectivity index (χ4n) is 2.15. The van der Waals surface area contributed by atoms with E-state index in [1.165, 1.54) is 0 Å². The molecule has 118 valence electrons. The van der Waals surface area contributed by atoms with Crippen molar-refractivity contribution in [3.63, 3.8) is 0 Å². The molecule has 0 N–H and O–H groups in total. The van der Waals surface area contributed by atoms with E-state index in [-0.39, 0.29) is 11.9 Å². The van der Waals surface area contributed by atoms with Gasteiger partial charge in [-0.3, -0.25) is 4.79 Å². The Morgan fingerprint density at radius 3 is 2.48 bits per heavy atom. The molecule has 1 atom stereocenters. The molecule has 0 amide bonds. The molecule has 1 aromatic rings. The van der Waals surface area contributed by atoms with Crippen LogP contribution in [0.4, 0.5) is 0 Å². The number of unbranched alkanes of at least 4 members (excludes halogenated alkanes) is 1. The van der Waals surface area contributed by atoms with Crippen molar-refractivity contribution in [3.8, 4) is 11.5 Å². The molecule has 0 saturated heterocycles. The second kappa shape index (κ2) is 9.40. The number of benzene rings is 1. The van der Waals surface area contributed by atoms with Gasteiger partial charge in [0.1, 0.15) is 6.10 Å². The quantitative estimate of drug-likeness (QED) is 0.663. The van der Waals surface area contributed by atoms with Crippen molar-refractivity contribution in [3.05, 3.63) is 23.8 Å². The van der Waals surface area contributed by atoms with E-state index >= 15 is 0 Å². The Morgan fingerprint density at radius 1 is 1.19 bits per heavy atom. The van der Waals surface area contributed by atoms with Crippen LogP contribution < -0.4 is 9.47 Å². The van der Waals surface area contributed by atoms with Crippen LogP contribution in [-0.4, -0.2) is 32.7 Å². The molecule has 21 heavy (non-hydrogen) atoms. The second-order valence-corrected chi connectivity index (χ2v) is 5.05. The van der Waals surface area contributed by atoms with Crippen LogP contribution in [0.3, 0.4) is 0 Å². The lowest BCUT2D eigenvalue weighted by Gasteiger charge is -2.15. The summed E-state index contributed by atoms with van der Waals surface area (Å²) in [5.41, 5.74) is 1.10. The smallest absolute Gasteiger partial charge is 0.160 e. The van der Waals surface area contributed by atoms with Crippen LogP contribution in [-0.2, 0) is 16.0 Å². The Hall–Kier alpha value is -1.55. The zero-order chi connectivity index (χ0) is 15.7. The van der Waals surface area contributed by atoms with Gasteiger partial charge >= 0.3 is 0 Å². The lowest BCUT2D eigenvalue weighted by molar-refractivity contribution is -0.128. The molecule has 0 saturated carbocycles. The molecule has 4 nitrogen and oxygen atoms in total. The third-order valence-corrected chi connectivity index (χ3v) is 3.43. The van der Waals surface area contributed by atoms with Crippen LogP contribution in [0.25, 0.3) is 0 Å². The molecule has 0 bridgehead atoms. The number of hydrogen-bond donors (Lipinski definition) is 0. The number of carbonyl (C=O) groups excluding carboxylic acids is 1. The first-order chi connectivity index (χ1) is 10.1. The van der Waals surface area contributed by atoms with Gasteiger partial charge in [0, 0.05) is 0 Å². The minimum atomic E-state index is -0.273. The molecule has 4 heteroatoms. The summed E-state index contributed by atoms with van der Waals surface area (Å²) in [6.07, 6.45) is 3.36.